The van der Waals surface area contributed by atoms with Crippen molar-refractivity contribution in [3.05, 3.63) is 0 Å². The summed E-state index contributed by atoms with van der Waals surface area (Å²) in [7, 11) is 0. The molecule has 0 aromatic carbocycles. The van der Waals surface area contributed by atoms with Crippen LogP contribution in [0.3, 0.4) is 0 Å². The Labute approximate surface area is 103 Å². The zero-order valence-electron chi connectivity index (χ0n) is 10.7. The highest BCUT2D eigenvalue weighted by molar-refractivity contribution is 4.84. The van der Waals surface area contributed by atoms with Crippen LogP contribution in [0.25, 0.3) is 0 Å². The second-order valence-electron chi connectivity index (χ2n) is 5.85. The first-order valence-electron chi connectivity index (χ1n) is 6.87. The molecule has 4 heteroatoms. The normalized spacial score (nSPS) is 31.8. The van der Waals surface area contributed by atoms with Crippen LogP contribution in [-0.4, -0.2) is 43.5 Å². The first kappa shape index (κ1) is 13.2. The molecule has 1 aliphatic carbocycles. The third-order valence-electron chi connectivity index (χ3n) is 4.04. The summed E-state index contributed by atoms with van der Waals surface area (Å²) in [5.41, 5.74) is 0. The van der Waals surface area contributed by atoms with Crippen LogP contribution in [0.5, 0.6) is 0 Å². The Morgan fingerprint density at radius 1 is 1.29 bits per heavy atom. The van der Waals surface area contributed by atoms with Crippen molar-refractivity contribution in [2.45, 2.75) is 45.1 Å². The Kier molecular flexibility index (Phi) is 4.74. The predicted molar refractivity (Wildman–Crippen MR) is 65.4 cm³/mol. The summed E-state index contributed by atoms with van der Waals surface area (Å²) in [6.07, 6.45) is 2.90. The Morgan fingerprint density at radius 3 is 2.65 bits per heavy atom. The SMILES string of the molecule is CC1CC(NCC(F)F)CN(CC2CCC2)C1. The summed E-state index contributed by atoms with van der Waals surface area (Å²) < 4.78 is 24.4. The van der Waals surface area contributed by atoms with E-state index in [1.54, 1.807) is 0 Å². The molecule has 2 aliphatic rings. The van der Waals surface area contributed by atoms with Crippen molar-refractivity contribution in [1.29, 1.82) is 0 Å². The Bertz CT molecular complexity index is 231. The van der Waals surface area contributed by atoms with Crippen LogP contribution >= 0.6 is 0 Å². The van der Waals surface area contributed by atoms with Gasteiger partial charge in [0, 0.05) is 25.7 Å². The maximum absolute atomic E-state index is 12.2. The van der Waals surface area contributed by atoms with Gasteiger partial charge in [-0.15, -0.1) is 0 Å². The highest BCUT2D eigenvalue weighted by Gasteiger charge is 2.28. The molecule has 0 amide bonds. The first-order valence-corrected chi connectivity index (χ1v) is 6.87. The van der Waals surface area contributed by atoms with E-state index in [2.05, 4.69) is 17.1 Å². The summed E-state index contributed by atoms with van der Waals surface area (Å²) >= 11 is 0. The molecule has 2 unspecified atom stereocenters. The van der Waals surface area contributed by atoms with Gasteiger partial charge in [-0.3, -0.25) is 0 Å². The zero-order valence-corrected chi connectivity index (χ0v) is 10.7. The van der Waals surface area contributed by atoms with Gasteiger partial charge < -0.3 is 10.2 Å². The quantitative estimate of drug-likeness (QED) is 0.801. The minimum absolute atomic E-state index is 0.158. The molecule has 1 aliphatic heterocycles. The third-order valence-corrected chi connectivity index (χ3v) is 4.04. The van der Waals surface area contributed by atoms with Crippen LogP contribution in [-0.2, 0) is 0 Å². The van der Waals surface area contributed by atoms with Gasteiger partial charge in [0.2, 0.25) is 0 Å². The summed E-state index contributed by atoms with van der Waals surface area (Å²) in [6, 6.07) is 0.257. The van der Waals surface area contributed by atoms with Crippen LogP contribution < -0.4 is 5.32 Å². The summed E-state index contributed by atoms with van der Waals surface area (Å²) in [4.78, 5) is 2.47. The van der Waals surface area contributed by atoms with Gasteiger partial charge in [-0.1, -0.05) is 13.3 Å². The standard InChI is InChI=1S/C13H24F2N2/c1-10-5-12(16-6-13(14)15)9-17(7-10)8-11-3-2-4-11/h10-13,16H,2-9H2,1H3. The Morgan fingerprint density at radius 2 is 2.06 bits per heavy atom. The highest BCUT2D eigenvalue weighted by atomic mass is 19.3. The maximum atomic E-state index is 12.2. The number of alkyl halides is 2. The van der Waals surface area contributed by atoms with Gasteiger partial charge in [-0.25, -0.2) is 8.78 Å². The summed E-state index contributed by atoms with van der Waals surface area (Å²) in [6.45, 7) is 5.34. The number of nitrogens with one attached hydrogen (secondary N) is 1. The fourth-order valence-electron chi connectivity index (χ4n) is 3.05. The number of piperidine rings is 1. The lowest BCUT2D eigenvalue weighted by molar-refractivity contribution is 0.0922. The van der Waals surface area contributed by atoms with E-state index in [1.165, 1.54) is 25.8 Å². The van der Waals surface area contributed by atoms with Crippen molar-refractivity contribution < 1.29 is 8.78 Å². The molecule has 1 N–H and O–H groups in total. The molecular formula is C13H24F2N2. The van der Waals surface area contributed by atoms with Gasteiger partial charge in [-0.2, -0.15) is 0 Å². The number of hydrogen-bond acceptors (Lipinski definition) is 2. The topological polar surface area (TPSA) is 15.3 Å². The molecule has 2 nitrogen and oxygen atoms in total. The van der Waals surface area contributed by atoms with E-state index >= 15 is 0 Å². The Balaban J connectivity index is 1.74. The number of hydrogen-bond donors (Lipinski definition) is 1. The minimum atomic E-state index is -2.23. The van der Waals surface area contributed by atoms with E-state index < -0.39 is 6.43 Å². The zero-order chi connectivity index (χ0) is 12.3. The van der Waals surface area contributed by atoms with Crippen molar-refractivity contribution >= 4 is 0 Å². The first-order chi connectivity index (χ1) is 8.13. The molecule has 2 rings (SSSR count). The minimum Gasteiger partial charge on any atom is -0.307 e. The maximum Gasteiger partial charge on any atom is 0.250 e. The van der Waals surface area contributed by atoms with Crippen molar-refractivity contribution in [3.63, 3.8) is 0 Å². The molecule has 17 heavy (non-hydrogen) atoms. The van der Waals surface area contributed by atoms with Crippen molar-refractivity contribution in [3.8, 4) is 0 Å². The molecule has 0 aromatic heterocycles. The molecular weight excluding hydrogens is 222 g/mol. The van der Waals surface area contributed by atoms with Crippen LogP contribution in [0.2, 0.25) is 0 Å². The van der Waals surface area contributed by atoms with Gasteiger partial charge >= 0.3 is 0 Å². The van der Waals surface area contributed by atoms with Gasteiger partial charge in [0.05, 0.1) is 6.54 Å². The number of halogens is 2. The molecule has 1 saturated carbocycles. The van der Waals surface area contributed by atoms with Gasteiger partial charge in [-0.05, 0) is 31.1 Å². The fourth-order valence-corrected chi connectivity index (χ4v) is 3.05. The largest absolute Gasteiger partial charge is 0.307 e. The molecule has 0 radical (unpaired) electrons. The van der Waals surface area contributed by atoms with E-state index in [9.17, 15) is 8.78 Å². The molecule has 1 saturated heterocycles. The van der Waals surface area contributed by atoms with Crippen molar-refractivity contribution in [2.24, 2.45) is 11.8 Å². The predicted octanol–water partition coefficient (Wildman–Crippen LogP) is 2.35. The van der Waals surface area contributed by atoms with Crippen molar-refractivity contribution in [2.75, 3.05) is 26.2 Å². The Hall–Kier alpha value is -0.220. The number of likely N-dealkylation sites (tertiary alicyclic amines) is 1. The second kappa shape index (κ2) is 6.10. The molecule has 0 aromatic rings. The fraction of sp³-hybridized carbons (Fsp3) is 1.00. The molecule has 1 heterocycles. The van der Waals surface area contributed by atoms with Gasteiger partial charge in [0.1, 0.15) is 0 Å². The third kappa shape index (κ3) is 4.18. The summed E-state index contributed by atoms with van der Waals surface area (Å²) in [5.74, 6) is 1.50. The lowest BCUT2D eigenvalue weighted by atomic mass is 9.84. The monoisotopic (exact) mass is 246 g/mol. The van der Waals surface area contributed by atoms with E-state index in [0.29, 0.717) is 5.92 Å². The smallest absolute Gasteiger partial charge is 0.250 e. The van der Waals surface area contributed by atoms with Crippen LogP contribution in [0.15, 0.2) is 0 Å². The van der Waals surface area contributed by atoms with E-state index in [4.69, 9.17) is 0 Å². The van der Waals surface area contributed by atoms with Crippen LogP contribution in [0.1, 0.15) is 32.6 Å². The molecule has 0 spiro atoms. The lowest BCUT2D eigenvalue weighted by Gasteiger charge is -2.40. The van der Waals surface area contributed by atoms with E-state index in [0.717, 1.165) is 25.4 Å². The van der Waals surface area contributed by atoms with Crippen molar-refractivity contribution in [1.82, 2.24) is 10.2 Å². The number of nitrogens with zero attached hydrogens (tertiary/aromatic N) is 1. The molecule has 0 bridgehead atoms. The number of rotatable bonds is 5. The van der Waals surface area contributed by atoms with Crippen LogP contribution in [0, 0.1) is 11.8 Å². The molecule has 2 fully saturated rings. The van der Waals surface area contributed by atoms with Gasteiger partial charge in [0.15, 0.2) is 0 Å². The molecule has 2 atom stereocenters. The van der Waals surface area contributed by atoms with E-state index in [1.807, 2.05) is 0 Å². The van der Waals surface area contributed by atoms with Gasteiger partial charge in [0.25, 0.3) is 6.43 Å². The second-order valence-corrected chi connectivity index (χ2v) is 5.85. The average molecular weight is 246 g/mol. The highest BCUT2D eigenvalue weighted by Crippen LogP contribution is 2.28. The lowest BCUT2D eigenvalue weighted by Crippen LogP contribution is -2.51. The van der Waals surface area contributed by atoms with E-state index in [-0.39, 0.29) is 12.6 Å². The van der Waals surface area contributed by atoms with Crippen LogP contribution in [0.4, 0.5) is 8.78 Å². The average Bonchev–Trinajstić information content (AvgIpc) is 2.20. The molecule has 100 valence electrons. The summed E-state index contributed by atoms with van der Waals surface area (Å²) in [5, 5.41) is 3.00.